The molecule has 10 heteroatoms. The molecule has 1 saturated heterocycles. The Morgan fingerprint density at radius 3 is 2.77 bits per heavy atom. The summed E-state index contributed by atoms with van der Waals surface area (Å²) < 4.78 is 12.0. The second-order valence-corrected chi connectivity index (χ2v) is 10.1. The van der Waals surface area contributed by atoms with Crippen molar-refractivity contribution in [3.8, 4) is 0 Å². The molecule has 2 aliphatic rings. The summed E-state index contributed by atoms with van der Waals surface area (Å²) in [5.41, 5.74) is 1.07. The Bertz CT molecular complexity index is 828. The molecule has 0 radical (unpaired) electrons. The summed E-state index contributed by atoms with van der Waals surface area (Å²) in [7, 11) is 3.67. The Balaban J connectivity index is 1.49. The topological polar surface area (TPSA) is 112 Å². The highest BCUT2D eigenvalue weighted by molar-refractivity contribution is 6.30. The predicted molar refractivity (Wildman–Crippen MR) is 135 cm³/mol. The van der Waals surface area contributed by atoms with Crippen molar-refractivity contribution in [2.24, 2.45) is 5.92 Å². The number of benzene rings is 1. The van der Waals surface area contributed by atoms with Crippen molar-refractivity contribution in [1.29, 1.82) is 0 Å². The van der Waals surface area contributed by atoms with E-state index in [0.29, 0.717) is 30.5 Å². The van der Waals surface area contributed by atoms with Crippen LogP contribution < -0.4 is 16.0 Å². The van der Waals surface area contributed by atoms with Crippen molar-refractivity contribution in [2.45, 2.75) is 56.3 Å². The molecule has 0 unspecified atom stereocenters. The molecule has 1 aromatic rings. The SMILES string of the molecule is CNC[C@H](C[C@H]1CCC2(CC2)OC1)NC(=O)N(C)CC[C@@H](OCCNC(=O)O)c1cccc(Cl)c1. The fraction of sp³-hybridized carbons (Fsp3) is 0.680. The van der Waals surface area contributed by atoms with Crippen LogP contribution in [-0.4, -0.2) is 80.7 Å². The van der Waals surface area contributed by atoms with E-state index in [9.17, 15) is 9.59 Å². The molecule has 1 heterocycles. The van der Waals surface area contributed by atoms with Crippen LogP contribution in [0.15, 0.2) is 24.3 Å². The summed E-state index contributed by atoms with van der Waals surface area (Å²) >= 11 is 6.16. The van der Waals surface area contributed by atoms with Crippen molar-refractivity contribution in [1.82, 2.24) is 20.9 Å². The molecule has 9 nitrogen and oxygen atoms in total. The molecule has 2 fully saturated rings. The lowest BCUT2D eigenvalue weighted by Gasteiger charge is -2.32. The average molecular weight is 511 g/mol. The molecule has 3 amide bonds. The summed E-state index contributed by atoms with van der Waals surface area (Å²) in [4.78, 5) is 25.3. The second-order valence-electron chi connectivity index (χ2n) is 9.70. The molecule has 35 heavy (non-hydrogen) atoms. The minimum absolute atomic E-state index is 0.0267. The largest absolute Gasteiger partial charge is 0.465 e. The van der Waals surface area contributed by atoms with Gasteiger partial charge in [-0.05, 0) is 69.2 Å². The first-order valence-corrected chi connectivity index (χ1v) is 12.8. The zero-order valence-electron chi connectivity index (χ0n) is 20.7. The smallest absolute Gasteiger partial charge is 0.404 e. The highest BCUT2D eigenvalue weighted by Gasteiger charge is 2.46. The number of urea groups is 1. The molecule has 3 rings (SSSR count). The van der Waals surface area contributed by atoms with Gasteiger partial charge in [0.2, 0.25) is 0 Å². The number of hydrogen-bond donors (Lipinski definition) is 4. The highest BCUT2D eigenvalue weighted by Crippen LogP contribution is 2.47. The number of carboxylic acid groups (broad SMARTS) is 1. The summed E-state index contributed by atoms with van der Waals surface area (Å²) in [6, 6.07) is 7.29. The third kappa shape index (κ3) is 9.14. The van der Waals surface area contributed by atoms with Crippen LogP contribution in [-0.2, 0) is 9.47 Å². The van der Waals surface area contributed by atoms with Crippen LogP contribution >= 0.6 is 11.6 Å². The van der Waals surface area contributed by atoms with Gasteiger partial charge < -0.3 is 35.4 Å². The number of carbonyl (C=O) groups excluding carboxylic acids is 1. The molecular weight excluding hydrogens is 472 g/mol. The number of nitrogens with zero attached hydrogens (tertiary/aromatic N) is 1. The number of hydrogen-bond acceptors (Lipinski definition) is 5. The zero-order valence-corrected chi connectivity index (χ0v) is 21.5. The van der Waals surface area contributed by atoms with Gasteiger partial charge in [0.25, 0.3) is 0 Å². The molecule has 1 aliphatic heterocycles. The first kappa shape index (κ1) is 27.5. The maximum atomic E-state index is 12.9. The van der Waals surface area contributed by atoms with Crippen molar-refractivity contribution >= 4 is 23.7 Å². The molecule has 3 atom stereocenters. The van der Waals surface area contributed by atoms with Crippen LogP contribution in [0.5, 0.6) is 0 Å². The zero-order chi connectivity index (χ0) is 25.3. The van der Waals surface area contributed by atoms with Crippen LogP contribution in [0.2, 0.25) is 5.02 Å². The van der Waals surface area contributed by atoms with E-state index >= 15 is 0 Å². The quantitative estimate of drug-likeness (QED) is 0.301. The van der Waals surface area contributed by atoms with E-state index in [1.54, 1.807) is 18.0 Å². The number of halogens is 1. The van der Waals surface area contributed by atoms with Crippen LogP contribution in [0.4, 0.5) is 9.59 Å². The maximum absolute atomic E-state index is 12.9. The Morgan fingerprint density at radius 1 is 1.34 bits per heavy atom. The fourth-order valence-corrected chi connectivity index (χ4v) is 4.79. The number of rotatable bonds is 13. The van der Waals surface area contributed by atoms with Gasteiger partial charge in [-0.3, -0.25) is 0 Å². The van der Waals surface area contributed by atoms with Gasteiger partial charge in [-0.15, -0.1) is 0 Å². The van der Waals surface area contributed by atoms with Gasteiger partial charge in [-0.2, -0.15) is 0 Å². The normalized spacial score (nSPS) is 20.1. The number of likely N-dealkylation sites (N-methyl/N-ethyl adjacent to an activating group) is 1. The summed E-state index contributed by atoms with van der Waals surface area (Å²) in [6.45, 7) is 2.35. The monoisotopic (exact) mass is 510 g/mol. The third-order valence-electron chi connectivity index (χ3n) is 6.83. The number of carbonyl (C=O) groups is 2. The van der Waals surface area contributed by atoms with Gasteiger partial charge in [-0.1, -0.05) is 23.7 Å². The van der Waals surface area contributed by atoms with Crippen LogP contribution in [0.1, 0.15) is 50.2 Å². The van der Waals surface area contributed by atoms with E-state index in [-0.39, 0.29) is 36.9 Å². The van der Waals surface area contributed by atoms with Gasteiger partial charge >= 0.3 is 12.1 Å². The van der Waals surface area contributed by atoms with Gasteiger partial charge in [0.15, 0.2) is 0 Å². The lowest BCUT2D eigenvalue weighted by molar-refractivity contribution is -0.0378. The van der Waals surface area contributed by atoms with Crippen LogP contribution in [0.3, 0.4) is 0 Å². The predicted octanol–water partition coefficient (Wildman–Crippen LogP) is 3.63. The van der Waals surface area contributed by atoms with E-state index < -0.39 is 6.09 Å². The van der Waals surface area contributed by atoms with Gasteiger partial charge in [-0.25, -0.2) is 9.59 Å². The minimum Gasteiger partial charge on any atom is -0.465 e. The van der Waals surface area contributed by atoms with Crippen molar-refractivity contribution < 1.29 is 24.2 Å². The molecule has 1 saturated carbocycles. The fourth-order valence-electron chi connectivity index (χ4n) is 4.59. The Labute approximate surface area is 212 Å². The number of ether oxygens (including phenoxy) is 2. The van der Waals surface area contributed by atoms with Crippen molar-refractivity contribution in [3.05, 3.63) is 34.9 Å². The van der Waals surface area contributed by atoms with Gasteiger partial charge in [0.1, 0.15) is 0 Å². The molecule has 0 aromatic heterocycles. The minimum atomic E-state index is -1.09. The summed E-state index contributed by atoms with van der Waals surface area (Å²) in [5.74, 6) is 0.463. The van der Waals surface area contributed by atoms with Crippen molar-refractivity contribution in [3.63, 3.8) is 0 Å². The summed E-state index contributed by atoms with van der Waals surface area (Å²) in [5, 5.41) is 18.0. The number of amides is 3. The lowest BCUT2D eigenvalue weighted by Crippen LogP contribution is -2.48. The number of nitrogens with one attached hydrogen (secondary N) is 3. The maximum Gasteiger partial charge on any atom is 0.404 e. The first-order chi connectivity index (χ1) is 16.8. The molecule has 4 N–H and O–H groups in total. The van der Waals surface area contributed by atoms with E-state index in [4.69, 9.17) is 26.2 Å². The van der Waals surface area contributed by atoms with E-state index in [1.807, 2.05) is 25.2 Å². The van der Waals surface area contributed by atoms with E-state index in [0.717, 1.165) is 31.4 Å². The third-order valence-corrected chi connectivity index (χ3v) is 7.06. The Morgan fingerprint density at radius 2 is 2.14 bits per heavy atom. The first-order valence-electron chi connectivity index (χ1n) is 12.4. The lowest BCUT2D eigenvalue weighted by atomic mass is 9.91. The molecule has 1 spiro atoms. The van der Waals surface area contributed by atoms with E-state index in [1.165, 1.54) is 12.8 Å². The van der Waals surface area contributed by atoms with Gasteiger partial charge in [0.05, 0.1) is 24.9 Å². The van der Waals surface area contributed by atoms with Crippen LogP contribution in [0.25, 0.3) is 0 Å². The molecule has 0 bridgehead atoms. The highest BCUT2D eigenvalue weighted by atomic mass is 35.5. The van der Waals surface area contributed by atoms with Crippen molar-refractivity contribution in [2.75, 3.05) is 46.9 Å². The Kier molecular flexibility index (Phi) is 10.5. The van der Waals surface area contributed by atoms with Gasteiger partial charge in [0, 0.05) is 37.7 Å². The molecule has 1 aliphatic carbocycles. The molecular formula is C25H39ClN4O5. The second kappa shape index (κ2) is 13.3. The summed E-state index contributed by atoms with van der Waals surface area (Å²) in [6.07, 6.45) is 4.70. The molecule has 1 aromatic carbocycles. The average Bonchev–Trinajstić information content (AvgIpc) is 3.58. The van der Waals surface area contributed by atoms with Crippen LogP contribution in [0, 0.1) is 5.92 Å². The van der Waals surface area contributed by atoms with E-state index in [2.05, 4.69) is 16.0 Å². The molecule has 196 valence electrons. The Hall–Kier alpha value is -2.07. The standard InChI is InChI=1S/C25H39ClN4O5/c1-27-16-21(14-18-6-8-25(9-10-25)35-17-18)29-23(31)30(2)12-7-22(34-13-11-28-24(32)33)19-4-3-5-20(26)15-19/h3-5,15,18,21-22,27-28H,6-14,16-17H2,1-2H3,(H,29,31)(H,32,33)/t18-,21+,22-/m1/s1.